The maximum absolute atomic E-state index is 12.1. The van der Waals surface area contributed by atoms with Crippen LogP contribution < -0.4 is 10.5 Å². The first-order chi connectivity index (χ1) is 9.48. The predicted octanol–water partition coefficient (Wildman–Crippen LogP) is 1.80. The molecule has 0 aliphatic heterocycles. The van der Waals surface area contributed by atoms with Gasteiger partial charge in [0.1, 0.15) is 4.90 Å². The first-order valence-electron chi connectivity index (χ1n) is 5.83. The fraction of sp³-hybridized carbons (Fsp3) is 0.417. The lowest BCUT2D eigenvalue weighted by atomic mass is 10.1. The Bertz CT molecular complexity index is 659. The Labute approximate surface area is 133 Å². The summed E-state index contributed by atoms with van der Waals surface area (Å²) in [7, 11) is -2.57. The molecule has 1 aromatic carbocycles. The van der Waals surface area contributed by atoms with Gasteiger partial charge in [0.25, 0.3) is 5.91 Å². The van der Waals surface area contributed by atoms with Crippen molar-refractivity contribution in [1.82, 2.24) is 5.32 Å². The van der Waals surface area contributed by atoms with E-state index in [1.54, 1.807) is 13.8 Å². The summed E-state index contributed by atoms with van der Waals surface area (Å²) in [6.07, 6.45) is 0. The van der Waals surface area contributed by atoms with Crippen LogP contribution in [-0.4, -0.2) is 33.6 Å². The number of rotatable bonds is 5. The molecule has 0 bridgehead atoms. The fourth-order valence-corrected chi connectivity index (χ4v) is 2.85. The Kier molecular flexibility index (Phi) is 5.63. The molecule has 3 N–H and O–H groups in total. The van der Waals surface area contributed by atoms with Crippen molar-refractivity contribution in [2.45, 2.75) is 24.3 Å². The molecular weight excluding hydrogens is 339 g/mol. The maximum Gasteiger partial charge on any atom is 0.252 e. The Hall–Kier alpha value is -0.860. The third-order valence-electron chi connectivity index (χ3n) is 2.78. The van der Waals surface area contributed by atoms with E-state index in [1.165, 1.54) is 13.2 Å². The first kappa shape index (κ1) is 18.2. The van der Waals surface area contributed by atoms with Crippen molar-refractivity contribution < 1.29 is 17.9 Å². The van der Waals surface area contributed by atoms with Gasteiger partial charge in [0.05, 0.1) is 16.2 Å². The average molecular weight is 355 g/mol. The van der Waals surface area contributed by atoms with Gasteiger partial charge >= 0.3 is 0 Å². The average Bonchev–Trinajstić information content (AvgIpc) is 2.37. The summed E-state index contributed by atoms with van der Waals surface area (Å²) >= 11 is 11.7. The number of hydrogen-bond acceptors (Lipinski definition) is 4. The molecule has 0 aliphatic rings. The van der Waals surface area contributed by atoms with Gasteiger partial charge in [-0.05, 0) is 26.0 Å². The minimum absolute atomic E-state index is 0.0413. The number of nitrogens with two attached hydrogens (primary N) is 1. The van der Waals surface area contributed by atoms with Crippen LogP contribution in [0, 0.1) is 0 Å². The third kappa shape index (κ3) is 4.82. The molecule has 0 fully saturated rings. The summed E-state index contributed by atoms with van der Waals surface area (Å²) in [4.78, 5) is 11.7. The summed E-state index contributed by atoms with van der Waals surface area (Å²) in [5.74, 6) is -0.572. The standard InChI is InChI=1S/C12H16Cl2N2O4S/c1-12(2,20-3)6-16-11(17)8-4-7(13)5-9(10(8)14)21(15,18)19/h4-5H,6H2,1-3H3,(H,16,17)(H2,15,18,19). The topological polar surface area (TPSA) is 98.5 Å². The number of nitrogens with one attached hydrogen (secondary N) is 1. The molecule has 0 aliphatic carbocycles. The number of amides is 1. The van der Waals surface area contributed by atoms with Gasteiger partial charge in [-0.15, -0.1) is 0 Å². The summed E-state index contributed by atoms with van der Waals surface area (Å²) < 4.78 is 28.0. The molecule has 0 heterocycles. The Morgan fingerprint density at radius 2 is 1.95 bits per heavy atom. The van der Waals surface area contributed by atoms with Crippen LogP contribution in [0.4, 0.5) is 0 Å². The third-order valence-corrected chi connectivity index (χ3v) is 4.45. The minimum atomic E-state index is -4.08. The number of benzene rings is 1. The van der Waals surface area contributed by atoms with E-state index in [0.29, 0.717) is 0 Å². The molecule has 1 amide bonds. The molecule has 0 spiro atoms. The van der Waals surface area contributed by atoms with Gasteiger partial charge in [0.2, 0.25) is 10.0 Å². The normalized spacial score (nSPS) is 12.3. The Balaban J connectivity index is 3.14. The molecule has 1 rings (SSSR count). The van der Waals surface area contributed by atoms with E-state index < -0.39 is 26.4 Å². The van der Waals surface area contributed by atoms with Crippen LogP contribution in [0.3, 0.4) is 0 Å². The Morgan fingerprint density at radius 1 is 1.38 bits per heavy atom. The smallest absolute Gasteiger partial charge is 0.252 e. The van der Waals surface area contributed by atoms with Gasteiger partial charge in [0, 0.05) is 18.7 Å². The van der Waals surface area contributed by atoms with Crippen molar-refractivity contribution in [1.29, 1.82) is 0 Å². The lowest BCUT2D eigenvalue weighted by Gasteiger charge is -2.23. The number of methoxy groups -OCH3 is 1. The van der Waals surface area contributed by atoms with E-state index in [1.807, 2.05) is 0 Å². The fourth-order valence-electron chi connectivity index (χ4n) is 1.40. The molecule has 0 unspecified atom stereocenters. The van der Waals surface area contributed by atoms with Gasteiger partial charge in [-0.1, -0.05) is 23.2 Å². The van der Waals surface area contributed by atoms with Gasteiger partial charge in [-0.25, -0.2) is 13.6 Å². The SMILES string of the molecule is COC(C)(C)CNC(=O)c1cc(Cl)cc(S(N)(=O)=O)c1Cl. The number of carbonyl (C=O) groups excluding carboxylic acids is 1. The number of halogens is 2. The van der Waals surface area contributed by atoms with E-state index in [-0.39, 0.29) is 22.2 Å². The molecule has 0 radical (unpaired) electrons. The molecule has 9 heteroatoms. The minimum Gasteiger partial charge on any atom is -0.377 e. The van der Waals surface area contributed by atoms with Crippen molar-refractivity contribution >= 4 is 39.1 Å². The van der Waals surface area contributed by atoms with Crippen LogP contribution in [0.1, 0.15) is 24.2 Å². The molecule has 118 valence electrons. The van der Waals surface area contributed by atoms with Crippen LogP contribution in [0.2, 0.25) is 10.0 Å². The van der Waals surface area contributed by atoms with E-state index in [0.717, 1.165) is 6.07 Å². The van der Waals surface area contributed by atoms with Gasteiger partial charge in [-0.2, -0.15) is 0 Å². The number of carbonyl (C=O) groups is 1. The van der Waals surface area contributed by atoms with Gasteiger partial charge in [-0.3, -0.25) is 4.79 Å². The van der Waals surface area contributed by atoms with Crippen molar-refractivity contribution in [3.63, 3.8) is 0 Å². The molecule has 21 heavy (non-hydrogen) atoms. The van der Waals surface area contributed by atoms with Crippen LogP contribution in [0.15, 0.2) is 17.0 Å². The van der Waals surface area contributed by atoms with Gasteiger partial charge < -0.3 is 10.1 Å². The molecule has 1 aromatic rings. The zero-order valence-corrected chi connectivity index (χ0v) is 14.1. The highest BCUT2D eigenvalue weighted by Gasteiger charge is 2.23. The van der Waals surface area contributed by atoms with Crippen LogP contribution in [0.5, 0.6) is 0 Å². The van der Waals surface area contributed by atoms with Crippen LogP contribution in [0.25, 0.3) is 0 Å². The second-order valence-corrected chi connectivity index (χ2v) is 7.30. The molecule has 6 nitrogen and oxygen atoms in total. The monoisotopic (exact) mass is 354 g/mol. The Morgan fingerprint density at radius 3 is 2.43 bits per heavy atom. The van der Waals surface area contributed by atoms with Crippen molar-refractivity contribution in [2.75, 3.05) is 13.7 Å². The highest BCUT2D eigenvalue weighted by atomic mass is 35.5. The molecule has 0 saturated carbocycles. The van der Waals surface area contributed by atoms with E-state index in [2.05, 4.69) is 5.32 Å². The summed E-state index contributed by atoms with van der Waals surface area (Å²) in [6, 6.07) is 2.36. The lowest BCUT2D eigenvalue weighted by Crippen LogP contribution is -2.39. The summed E-state index contributed by atoms with van der Waals surface area (Å²) in [6.45, 7) is 3.77. The molecule has 0 saturated heterocycles. The lowest BCUT2D eigenvalue weighted by molar-refractivity contribution is 0.0229. The second-order valence-electron chi connectivity index (χ2n) is 4.96. The number of ether oxygens (including phenoxy) is 1. The van der Waals surface area contributed by atoms with E-state index >= 15 is 0 Å². The molecular formula is C12H16Cl2N2O4S. The van der Waals surface area contributed by atoms with Crippen molar-refractivity contribution in [3.05, 3.63) is 27.7 Å². The summed E-state index contributed by atoms with van der Waals surface area (Å²) in [5, 5.41) is 7.40. The zero-order chi connectivity index (χ0) is 16.4. The zero-order valence-electron chi connectivity index (χ0n) is 11.7. The predicted molar refractivity (Wildman–Crippen MR) is 81.3 cm³/mol. The number of primary sulfonamides is 1. The van der Waals surface area contributed by atoms with Crippen molar-refractivity contribution in [3.8, 4) is 0 Å². The maximum atomic E-state index is 12.1. The number of hydrogen-bond donors (Lipinski definition) is 2. The molecule has 0 atom stereocenters. The first-order valence-corrected chi connectivity index (χ1v) is 8.13. The highest BCUT2D eigenvalue weighted by Crippen LogP contribution is 2.28. The van der Waals surface area contributed by atoms with Crippen molar-refractivity contribution in [2.24, 2.45) is 5.14 Å². The molecule has 0 aromatic heterocycles. The second kappa shape index (κ2) is 6.50. The van der Waals surface area contributed by atoms with E-state index in [9.17, 15) is 13.2 Å². The van der Waals surface area contributed by atoms with Crippen LogP contribution >= 0.6 is 23.2 Å². The van der Waals surface area contributed by atoms with E-state index in [4.69, 9.17) is 33.1 Å². The quantitative estimate of drug-likeness (QED) is 0.841. The number of sulfonamides is 1. The van der Waals surface area contributed by atoms with Gasteiger partial charge in [0.15, 0.2) is 0 Å². The largest absolute Gasteiger partial charge is 0.377 e. The van der Waals surface area contributed by atoms with Crippen LogP contribution in [-0.2, 0) is 14.8 Å². The highest BCUT2D eigenvalue weighted by molar-refractivity contribution is 7.89. The summed E-state index contributed by atoms with van der Waals surface area (Å²) in [5.41, 5.74) is -0.649.